The largest absolute Gasteiger partial charge is 0.404 e. The highest BCUT2D eigenvalue weighted by molar-refractivity contribution is 5.97. The molecule has 40 heavy (non-hydrogen) atoms. The molecule has 11 nitrogen and oxygen atoms in total. The molecule has 2 amide bonds. The number of hydrogen-bond donors (Lipinski definition) is 5. The summed E-state index contributed by atoms with van der Waals surface area (Å²) in [7, 11) is 0. The quantitative estimate of drug-likeness (QED) is 0.232. The Morgan fingerprint density at radius 1 is 1.18 bits per heavy atom. The van der Waals surface area contributed by atoms with Crippen molar-refractivity contribution in [1.82, 2.24) is 20.4 Å². The Morgan fingerprint density at radius 2 is 1.90 bits per heavy atom. The van der Waals surface area contributed by atoms with Crippen LogP contribution in [0.25, 0.3) is 0 Å². The van der Waals surface area contributed by atoms with E-state index in [1.807, 2.05) is 54.3 Å². The van der Waals surface area contributed by atoms with Crippen molar-refractivity contribution in [1.29, 1.82) is 5.41 Å². The van der Waals surface area contributed by atoms with E-state index in [4.69, 9.17) is 26.6 Å². The Balaban J connectivity index is 1.30. The molecule has 0 bridgehead atoms. The summed E-state index contributed by atoms with van der Waals surface area (Å²) in [5, 5.41) is 14.2. The number of ether oxygens (including phenoxy) is 1. The van der Waals surface area contributed by atoms with Crippen LogP contribution in [0.15, 0.2) is 80.6 Å². The Morgan fingerprint density at radius 3 is 2.58 bits per heavy atom. The first kappa shape index (κ1) is 28.9. The van der Waals surface area contributed by atoms with E-state index in [0.29, 0.717) is 50.4 Å². The molecule has 0 spiro atoms. The van der Waals surface area contributed by atoms with Gasteiger partial charge in [-0.3, -0.25) is 4.99 Å². The number of carbonyl (C=O) groups excluding carboxylic acids is 1. The lowest BCUT2D eigenvalue weighted by Crippen LogP contribution is -2.50. The zero-order chi connectivity index (χ0) is 28.5. The SMILES string of the molecule is CC(C)C(C=N)=CC(N)=NC1=CC=C2NC=C(C(C=NCC3CCN(C(=O)N4CCOCC4)CC3)=CN)C=C2N1. The van der Waals surface area contributed by atoms with Gasteiger partial charge in [-0.05, 0) is 54.6 Å². The highest BCUT2D eigenvalue weighted by atomic mass is 16.5. The maximum Gasteiger partial charge on any atom is 0.320 e. The van der Waals surface area contributed by atoms with E-state index in [1.54, 1.807) is 12.3 Å². The van der Waals surface area contributed by atoms with Crippen molar-refractivity contribution >= 4 is 24.3 Å². The van der Waals surface area contributed by atoms with Crippen molar-refractivity contribution in [3.63, 3.8) is 0 Å². The summed E-state index contributed by atoms with van der Waals surface area (Å²) in [5.74, 6) is 1.55. The molecule has 0 aromatic heterocycles. The summed E-state index contributed by atoms with van der Waals surface area (Å²) in [6, 6.07) is 0.127. The van der Waals surface area contributed by atoms with Gasteiger partial charge in [-0.2, -0.15) is 0 Å². The number of allylic oxidation sites excluding steroid dienone is 6. The Labute approximate surface area is 236 Å². The molecule has 0 aromatic rings. The van der Waals surface area contributed by atoms with Crippen LogP contribution in [0.1, 0.15) is 26.7 Å². The number of dihydropyridines is 2. The normalized spacial score (nSPS) is 21.2. The number of nitrogens with zero attached hydrogens (tertiary/aromatic N) is 4. The standard InChI is InChI=1S/C29H41N9O2/c1-20(2)22(15-30)14-27(32)36-28-4-3-25-26(35-28)13-23(19-34-25)24(16-31)18-33-17-21-5-7-37(8-6-21)29(39)38-9-11-40-12-10-38/h3-4,13-16,18-21,30,34-35H,5-12,17,31H2,1-2H3,(H2,32,36). The molecule has 0 aromatic carbocycles. The van der Waals surface area contributed by atoms with E-state index < -0.39 is 0 Å². The fraction of sp³-hybridized carbons (Fsp3) is 0.448. The van der Waals surface area contributed by atoms with Gasteiger partial charge in [-0.1, -0.05) is 13.8 Å². The van der Waals surface area contributed by atoms with Crippen molar-refractivity contribution < 1.29 is 9.53 Å². The average Bonchev–Trinajstić information content (AvgIpc) is 2.98. The molecule has 0 radical (unpaired) electrons. The van der Waals surface area contributed by atoms with Gasteiger partial charge in [0.1, 0.15) is 11.7 Å². The van der Waals surface area contributed by atoms with Crippen LogP contribution in [0.3, 0.4) is 0 Å². The maximum atomic E-state index is 12.7. The number of rotatable bonds is 8. The second kappa shape index (κ2) is 13.8. The van der Waals surface area contributed by atoms with Gasteiger partial charge in [-0.25, -0.2) is 9.79 Å². The average molecular weight is 548 g/mol. The molecule has 4 aliphatic heterocycles. The van der Waals surface area contributed by atoms with E-state index in [2.05, 4.69) is 15.6 Å². The Kier molecular flexibility index (Phi) is 9.96. The molecule has 11 heteroatoms. The molecule has 4 rings (SSSR count). The lowest BCUT2D eigenvalue weighted by atomic mass is 9.97. The van der Waals surface area contributed by atoms with Crippen molar-refractivity contribution in [2.24, 2.45) is 33.3 Å². The number of amides is 2. The smallest absolute Gasteiger partial charge is 0.320 e. The van der Waals surface area contributed by atoms with Crippen LogP contribution in [0.4, 0.5) is 4.79 Å². The Hall–Kier alpha value is -4.12. The molecular formula is C29H41N9O2. The topological polar surface area (TPSA) is 157 Å². The fourth-order valence-electron chi connectivity index (χ4n) is 4.82. The number of piperidine rings is 1. The predicted molar refractivity (Wildman–Crippen MR) is 160 cm³/mol. The second-order valence-corrected chi connectivity index (χ2v) is 10.5. The van der Waals surface area contributed by atoms with Gasteiger partial charge in [0.2, 0.25) is 0 Å². The summed E-state index contributed by atoms with van der Waals surface area (Å²) in [6.45, 7) is 8.81. The first-order valence-corrected chi connectivity index (χ1v) is 13.9. The van der Waals surface area contributed by atoms with Crippen LogP contribution >= 0.6 is 0 Å². The molecule has 0 unspecified atom stereocenters. The third kappa shape index (κ3) is 7.50. The van der Waals surface area contributed by atoms with Crippen LogP contribution in [-0.4, -0.2) is 80.0 Å². The summed E-state index contributed by atoms with van der Waals surface area (Å²) < 4.78 is 5.36. The molecule has 214 valence electrons. The van der Waals surface area contributed by atoms with Gasteiger partial charge in [0.15, 0.2) is 0 Å². The number of hydrogen-bond acceptors (Lipinski definition) is 8. The number of likely N-dealkylation sites (tertiary alicyclic amines) is 1. The number of urea groups is 1. The molecule has 4 aliphatic rings. The van der Waals surface area contributed by atoms with Crippen LogP contribution in [0.2, 0.25) is 0 Å². The molecular weight excluding hydrogens is 506 g/mol. The number of amidine groups is 1. The maximum absolute atomic E-state index is 12.7. The van der Waals surface area contributed by atoms with Crippen molar-refractivity contribution in [3.8, 4) is 0 Å². The number of morpholine rings is 1. The van der Waals surface area contributed by atoms with Gasteiger partial charge >= 0.3 is 6.03 Å². The first-order valence-electron chi connectivity index (χ1n) is 13.9. The molecule has 4 heterocycles. The molecule has 0 atom stereocenters. The minimum atomic E-state index is 0.127. The van der Waals surface area contributed by atoms with Crippen molar-refractivity contribution in [3.05, 3.63) is 70.6 Å². The molecule has 7 N–H and O–H groups in total. The second-order valence-electron chi connectivity index (χ2n) is 10.5. The number of fused-ring (bicyclic) bond motifs is 1. The summed E-state index contributed by atoms with van der Waals surface area (Å²) in [6.07, 6.45) is 15.9. The summed E-state index contributed by atoms with van der Waals surface area (Å²) >= 11 is 0. The van der Waals surface area contributed by atoms with Crippen LogP contribution in [-0.2, 0) is 4.74 Å². The first-order chi connectivity index (χ1) is 19.4. The summed E-state index contributed by atoms with van der Waals surface area (Å²) in [4.78, 5) is 25.7. The Bertz CT molecular complexity index is 1210. The van der Waals surface area contributed by atoms with Crippen molar-refractivity contribution in [2.45, 2.75) is 26.7 Å². The van der Waals surface area contributed by atoms with Gasteiger partial charge in [0.25, 0.3) is 0 Å². The lowest BCUT2D eigenvalue weighted by molar-refractivity contribution is 0.0402. The van der Waals surface area contributed by atoms with Gasteiger partial charge in [-0.15, -0.1) is 0 Å². The van der Waals surface area contributed by atoms with Gasteiger partial charge in [0, 0.05) is 68.7 Å². The fourth-order valence-corrected chi connectivity index (χ4v) is 4.82. The number of aliphatic imine (C=N–C) groups is 2. The summed E-state index contributed by atoms with van der Waals surface area (Å²) in [5.41, 5.74) is 16.3. The van der Waals surface area contributed by atoms with E-state index in [-0.39, 0.29) is 11.9 Å². The molecule has 0 saturated carbocycles. The number of nitrogens with two attached hydrogens (primary N) is 2. The van der Waals surface area contributed by atoms with E-state index >= 15 is 0 Å². The highest BCUT2D eigenvalue weighted by Crippen LogP contribution is 2.23. The van der Waals surface area contributed by atoms with Crippen LogP contribution < -0.4 is 22.1 Å². The van der Waals surface area contributed by atoms with E-state index in [9.17, 15) is 4.79 Å². The number of nitrogens with one attached hydrogen (secondary N) is 3. The number of carbonyl (C=O) groups is 1. The van der Waals surface area contributed by atoms with E-state index in [1.165, 1.54) is 6.21 Å². The molecule has 2 saturated heterocycles. The zero-order valence-corrected chi connectivity index (χ0v) is 23.4. The van der Waals surface area contributed by atoms with Crippen LogP contribution in [0.5, 0.6) is 0 Å². The molecule has 0 aliphatic carbocycles. The molecule has 2 fully saturated rings. The van der Waals surface area contributed by atoms with Crippen molar-refractivity contribution in [2.75, 3.05) is 45.9 Å². The third-order valence-corrected chi connectivity index (χ3v) is 7.31. The van der Waals surface area contributed by atoms with Crippen LogP contribution in [0, 0.1) is 17.2 Å². The zero-order valence-electron chi connectivity index (χ0n) is 23.4. The predicted octanol–water partition coefficient (Wildman–Crippen LogP) is 2.35. The van der Waals surface area contributed by atoms with E-state index in [0.717, 1.165) is 54.0 Å². The minimum Gasteiger partial charge on any atom is -0.404 e. The van der Waals surface area contributed by atoms with Gasteiger partial charge in [0.05, 0.1) is 24.6 Å². The minimum absolute atomic E-state index is 0.127. The lowest BCUT2D eigenvalue weighted by Gasteiger charge is -2.36. The highest BCUT2D eigenvalue weighted by Gasteiger charge is 2.27. The third-order valence-electron chi connectivity index (χ3n) is 7.31. The monoisotopic (exact) mass is 547 g/mol. The van der Waals surface area contributed by atoms with Gasteiger partial charge < -0.3 is 42.0 Å².